The van der Waals surface area contributed by atoms with Gasteiger partial charge in [0, 0.05) is 24.0 Å². The van der Waals surface area contributed by atoms with E-state index in [4.69, 9.17) is 12.2 Å². The van der Waals surface area contributed by atoms with Gasteiger partial charge in [-0.25, -0.2) is 4.39 Å². The van der Waals surface area contributed by atoms with Crippen LogP contribution >= 0.6 is 12.2 Å². The molecule has 6 nitrogen and oxygen atoms in total. The summed E-state index contributed by atoms with van der Waals surface area (Å²) in [6.07, 6.45) is 5.39. The molecule has 0 aliphatic carbocycles. The van der Waals surface area contributed by atoms with Crippen LogP contribution in [-0.4, -0.2) is 24.7 Å². The van der Waals surface area contributed by atoms with Crippen molar-refractivity contribution in [1.82, 2.24) is 19.6 Å². The Kier molecular flexibility index (Phi) is 5.85. The summed E-state index contributed by atoms with van der Waals surface area (Å²) in [5.41, 5.74) is 3.77. The highest BCUT2D eigenvalue weighted by Gasteiger charge is 2.07. The number of nitrogens with zero attached hydrogens (tertiary/aromatic N) is 4. The van der Waals surface area contributed by atoms with E-state index in [0.29, 0.717) is 29.6 Å². The zero-order chi connectivity index (χ0) is 20.9. The Morgan fingerprint density at radius 1 is 1.00 bits per heavy atom. The number of anilines is 2. The molecular weight excluding hydrogens is 399 g/mol. The summed E-state index contributed by atoms with van der Waals surface area (Å²) in [7, 11) is 0. The predicted molar refractivity (Wildman–Crippen MR) is 120 cm³/mol. The third-order valence-corrected chi connectivity index (χ3v) is 4.73. The molecule has 0 saturated carbocycles. The maximum Gasteiger partial charge on any atom is 0.176 e. The van der Waals surface area contributed by atoms with Gasteiger partial charge in [0.25, 0.3) is 0 Å². The number of rotatable bonds is 6. The first-order chi connectivity index (χ1) is 14.5. The largest absolute Gasteiger partial charge is 0.330 e. The molecule has 152 valence electrons. The molecular formula is C22H21FN6S. The van der Waals surface area contributed by atoms with Crippen molar-refractivity contribution in [1.29, 1.82) is 0 Å². The SMILES string of the molecule is Cc1ccc(Cn2cc(NC(=S)Nc3ccn(Cc4ccccc4F)n3)cn2)cc1. The van der Waals surface area contributed by atoms with Crippen molar-refractivity contribution in [2.45, 2.75) is 20.0 Å². The van der Waals surface area contributed by atoms with E-state index < -0.39 is 0 Å². The minimum Gasteiger partial charge on any atom is -0.330 e. The third-order valence-electron chi connectivity index (χ3n) is 4.53. The number of thiocarbonyl (C=S) groups is 1. The summed E-state index contributed by atoms with van der Waals surface area (Å²) in [6.45, 7) is 3.10. The average Bonchev–Trinajstić information content (AvgIpc) is 3.35. The van der Waals surface area contributed by atoms with Crippen LogP contribution in [0.25, 0.3) is 0 Å². The van der Waals surface area contributed by atoms with Gasteiger partial charge in [-0.2, -0.15) is 10.2 Å². The Balaban J connectivity index is 1.32. The number of hydrogen-bond donors (Lipinski definition) is 2. The predicted octanol–water partition coefficient (Wildman–Crippen LogP) is 4.43. The summed E-state index contributed by atoms with van der Waals surface area (Å²) in [5.74, 6) is 0.332. The van der Waals surface area contributed by atoms with Gasteiger partial charge in [0.2, 0.25) is 0 Å². The molecule has 2 aromatic heterocycles. The van der Waals surface area contributed by atoms with Gasteiger partial charge in [-0.1, -0.05) is 48.0 Å². The van der Waals surface area contributed by atoms with Crippen LogP contribution in [-0.2, 0) is 13.1 Å². The molecule has 4 aromatic rings. The molecule has 30 heavy (non-hydrogen) atoms. The minimum absolute atomic E-state index is 0.248. The van der Waals surface area contributed by atoms with Crippen LogP contribution in [0.1, 0.15) is 16.7 Å². The second kappa shape index (κ2) is 8.87. The lowest BCUT2D eigenvalue weighted by Gasteiger charge is -2.07. The van der Waals surface area contributed by atoms with E-state index in [-0.39, 0.29) is 5.82 Å². The molecule has 8 heteroatoms. The third kappa shape index (κ3) is 5.09. The molecule has 2 heterocycles. The van der Waals surface area contributed by atoms with Crippen LogP contribution in [0.3, 0.4) is 0 Å². The van der Waals surface area contributed by atoms with Crippen LogP contribution < -0.4 is 10.6 Å². The zero-order valence-electron chi connectivity index (χ0n) is 16.4. The molecule has 0 bridgehead atoms. The summed E-state index contributed by atoms with van der Waals surface area (Å²) in [6, 6.07) is 16.8. The van der Waals surface area contributed by atoms with Crippen LogP contribution in [0, 0.1) is 12.7 Å². The number of halogens is 1. The van der Waals surface area contributed by atoms with Crippen LogP contribution in [0.2, 0.25) is 0 Å². The monoisotopic (exact) mass is 420 g/mol. The van der Waals surface area contributed by atoms with Gasteiger partial charge in [0.05, 0.1) is 25.0 Å². The fraction of sp³-hybridized carbons (Fsp3) is 0.136. The van der Waals surface area contributed by atoms with Crippen molar-refractivity contribution in [3.8, 4) is 0 Å². The second-order valence-electron chi connectivity index (χ2n) is 6.98. The number of benzene rings is 2. The highest BCUT2D eigenvalue weighted by molar-refractivity contribution is 7.80. The van der Waals surface area contributed by atoms with Gasteiger partial charge in [0.15, 0.2) is 10.9 Å². The smallest absolute Gasteiger partial charge is 0.176 e. The summed E-state index contributed by atoms with van der Waals surface area (Å²) in [4.78, 5) is 0. The minimum atomic E-state index is -0.248. The highest BCUT2D eigenvalue weighted by Crippen LogP contribution is 2.12. The molecule has 0 atom stereocenters. The van der Waals surface area contributed by atoms with Gasteiger partial charge in [-0.05, 0) is 30.8 Å². The Bertz CT molecular complexity index is 1150. The Morgan fingerprint density at radius 3 is 2.60 bits per heavy atom. The van der Waals surface area contributed by atoms with E-state index >= 15 is 0 Å². The molecule has 0 aliphatic heterocycles. The first-order valence-electron chi connectivity index (χ1n) is 9.48. The average molecular weight is 421 g/mol. The molecule has 4 rings (SSSR count). The molecule has 0 saturated heterocycles. The Hall–Kier alpha value is -3.52. The lowest BCUT2D eigenvalue weighted by molar-refractivity contribution is 0.586. The van der Waals surface area contributed by atoms with Crippen molar-refractivity contribution in [2.75, 3.05) is 10.6 Å². The van der Waals surface area contributed by atoms with Gasteiger partial charge in [0.1, 0.15) is 5.82 Å². The zero-order valence-corrected chi connectivity index (χ0v) is 17.2. The van der Waals surface area contributed by atoms with Crippen LogP contribution in [0.15, 0.2) is 73.2 Å². The van der Waals surface area contributed by atoms with E-state index in [1.165, 1.54) is 17.2 Å². The first-order valence-corrected chi connectivity index (χ1v) is 9.89. The van der Waals surface area contributed by atoms with E-state index in [1.807, 2.05) is 10.9 Å². The van der Waals surface area contributed by atoms with E-state index in [9.17, 15) is 4.39 Å². The molecule has 0 radical (unpaired) electrons. The quantitative estimate of drug-likeness (QED) is 0.452. The van der Waals surface area contributed by atoms with E-state index in [2.05, 4.69) is 52.0 Å². The van der Waals surface area contributed by atoms with Crippen molar-refractivity contribution in [2.24, 2.45) is 0 Å². The first kappa shape index (κ1) is 19.8. The van der Waals surface area contributed by atoms with Crippen molar-refractivity contribution >= 4 is 28.8 Å². The van der Waals surface area contributed by atoms with Crippen molar-refractivity contribution in [3.63, 3.8) is 0 Å². The maximum atomic E-state index is 13.8. The molecule has 0 aliphatic rings. The van der Waals surface area contributed by atoms with Crippen LogP contribution in [0.5, 0.6) is 0 Å². The summed E-state index contributed by atoms with van der Waals surface area (Å²) < 4.78 is 17.3. The summed E-state index contributed by atoms with van der Waals surface area (Å²) in [5, 5.41) is 15.3. The molecule has 0 unspecified atom stereocenters. The summed E-state index contributed by atoms with van der Waals surface area (Å²) >= 11 is 5.36. The fourth-order valence-electron chi connectivity index (χ4n) is 2.99. The number of nitrogens with one attached hydrogen (secondary N) is 2. The lowest BCUT2D eigenvalue weighted by atomic mass is 10.1. The molecule has 2 aromatic carbocycles. The maximum absolute atomic E-state index is 13.8. The van der Waals surface area contributed by atoms with Crippen LogP contribution in [0.4, 0.5) is 15.9 Å². The molecule has 2 N–H and O–H groups in total. The Morgan fingerprint density at radius 2 is 1.80 bits per heavy atom. The molecule has 0 fully saturated rings. The second-order valence-corrected chi connectivity index (χ2v) is 7.39. The lowest BCUT2D eigenvalue weighted by Crippen LogP contribution is -2.19. The Labute approximate surface area is 179 Å². The normalized spacial score (nSPS) is 10.7. The van der Waals surface area contributed by atoms with E-state index in [1.54, 1.807) is 41.3 Å². The molecule has 0 amide bonds. The number of aryl methyl sites for hydroxylation is 1. The highest BCUT2D eigenvalue weighted by atomic mass is 32.1. The van der Waals surface area contributed by atoms with Gasteiger partial charge in [-0.3, -0.25) is 9.36 Å². The topological polar surface area (TPSA) is 59.7 Å². The van der Waals surface area contributed by atoms with E-state index in [0.717, 1.165) is 5.69 Å². The van der Waals surface area contributed by atoms with Crippen molar-refractivity contribution in [3.05, 3.63) is 95.7 Å². The fourth-order valence-corrected chi connectivity index (χ4v) is 3.21. The molecule has 0 spiro atoms. The number of hydrogen-bond acceptors (Lipinski definition) is 3. The van der Waals surface area contributed by atoms with Gasteiger partial charge >= 0.3 is 0 Å². The van der Waals surface area contributed by atoms with Gasteiger partial charge < -0.3 is 10.6 Å². The standard InChI is InChI=1S/C22H21FN6S/c1-16-6-8-17(9-7-16)13-29-15-19(12-24-29)25-22(30)26-21-10-11-28(27-21)14-18-4-2-3-5-20(18)23/h2-12,15H,13-14H2,1H3,(H2,25,26,27,30). The number of aromatic nitrogens is 4. The van der Waals surface area contributed by atoms with Gasteiger partial charge in [-0.15, -0.1) is 0 Å². The van der Waals surface area contributed by atoms with Crippen molar-refractivity contribution < 1.29 is 4.39 Å².